The molecular formula is C22H19N5OS. The van der Waals surface area contributed by atoms with E-state index in [1.165, 1.54) is 10.4 Å². The van der Waals surface area contributed by atoms with Crippen molar-refractivity contribution in [2.45, 2.75) is 18.9 Å². The van der Waals surface area contributed by atoms with Crippen LogP contribution in [-0.4, -0.2) is 37.6 Å². The lowest BCUT2D eigenvalue weighted by Crippen LogP contribution is -2.40. The summed E-state index contributed by atoms with van der Waals surface area (Å²) in [6.45, 7) is 0.745. The first kappa shape index (κ1) is 17.8. The summed E-state index contributed by atoms with van der Waals surface area (Å²) in [5.74, 6) is 0.144. The molecular weight excluding hydrogens is 382 g/mol. The van der Waals surface area contributed by atoms with Crippen molar-refractivity contribution in [3.05, 3.63) is 93.9 Å². The number of carbonyl (C=O) groups excluding carboxylic acids is 1. The Morgan fingerprint density at radius 2 is 1.90 bits per heavy atom. The predicted octanol–water partition coefficient (Wildman–Crippen LogP) is 3.44. The largest absolute Gasteiger partial charge is 0.331 e. The number of tetrazole rings is 1. The number of nitrogens with zero attached hydrogens (tertiary/aromatic N) is 5. The minimum absolute atomic E-state index is 0.0146. The summed E-state index contributed by atoms with van der Waals surface area (Å²) in [4.78, 5) is 16.7. The Bertz CT molecular complexity index is 1110. The van der Waals surface area contributed by atoms with Crippen LogP contribution in [0.3, 0.4) is 0 Å². The van der Waals surface area contributed by atoms with Crippen molar-refractivity contribution in [2.75, 3.05) is 6.54 Å². The summed E-state index contributed by atoms with van der Waals surface area (Å²) in [7, 11) is 0. The van der Waals surface area contributed by atoms with Gasteiger partial charge in [-0.05, 0) is 57.1 Å². The predicted molar refractivity (Wildman–Crippen MR) is 111 cm³/mol. The Morgan fingerprint density at radius 1 is 1.07 bits per heavy atom. The summed E-state index contributed by atoms with van der Waals surface area (Å²) < 4.78 is 1.60. The maximum Gasteiger partial charge on any atom is 0.227 e. The fraction of sp³-hybridized carbons (Fsp3) is 0.182. The van der Waals surface area contributed by atoms with Crippen LogP contribution in [0.4, 0.5) is 0 Å². The number of rotatable bonds is 4. The van der Waals surface area contributed by atoms with E-state index < -0.39 is 0 Å². The Balaban J connectivity index is 1.40. The second-order valence-electron chi connectivity index (χ2n) is 7.05. The number of amides is 1. The summed E-state index contributed by atoms with van der Waals surface area (Å²) in [5, 5.41) is 13.3. The number of fused-ring (bicyclic) bond motifs is 1. The van der Waals surface area contributed by atoms with Crippen LogP contribution in [0.25, 0.3) is 5.69 Å². The van der Waals surface area contributed by atoms with Crippen molar-refractivity contribution in [2.24, 2.45) is 0 Å². The fourth-order valence-corrected chi connectivity index (χ4v) is 4.81. The van der Waals surface area contributed by atoms with Crippen LogP contribution >= 0.6 is 11.3 Å². The molecule has 2 aromatic heterocycles. The second-order valence-corrected chi connectivity index (χ2v) is 8.05. The molecule has 7 heteroatoms. The molecule has 0 radical (unpaired) electrons. The summed E-state index contributed by atoms with van der Waals surface area (Å²) in [5.41, 5.74) is 4.27. The standard InChI is InChI=1S/C22H19N5OS/c28-21(14-16-6-8-18(9-7-16)27-15-23-24-25-27)26-12-10-20-19(11-13-29-20)22(26)17-4-2-1-3-5-17/h1-9,11,13,15,22H,10,12,14H2. The van der Waals surface area contributed by atoms with Gasteiger partial charge in [0.05, 0.1) is 18.2 Å². The molecule has 3 heterocycles. The van der Waals surface area contributed by atoms with Gasteiger partial charge in [-0.1, -0.05) is 42.5 Å². The zero-order valence-electron chi connectivity index (χ0n) is 15.7. The average Bonchev–Trinajstić information content (AvgIpc) is 3.46. The molecule has 2 aromatic carbocycles. The highest BCUT2D eigenvalue weighted by Crippen LogP contribution is 2.38. The Labute approximate surface area is 172 Å². The van der Waals surface area contributed by atoms with Gasteiger partial charge in [-0.25, -0.2) is 4.68 Å². The van der Waals surface area contributed by atoms with E-state index in [2.05, 4.69) is 39.1 Å². The molecule has 0 saturated carbocycles. The molecule has 1 atom stereocenters. The van der Waals surface area contributed by atoms with Crippen molar-refractivity contribution in [1.29, 1.82) is 0 Å². The third-order valence-corrected chi connectivity index (χ3v) is 6.30. The van der Waals surface area contributed by atoms with Gasteiger partial charge in [-0.3, -0.25) is 4.79 Å². The molecule has 4 aromatic rings. The van der Waals surface area contributed by atoms with Crippen molar-refractivity contribution in [3.8, 4) is 5.69 Å². The molecule has 1 aliphatic heterocycles. The molecule has 0 N–H and O–H groups in total. The van der Waals surface area contributed by atoms with Gasteiger partial charge in [0.1, 0.15) is 6.33 Å². The average molecular weight is 401 g/mol. The first-order chi connectivity index (χ1) is 14.3. The Morgan fingerprint density at radius 3 is 2.66 bits per heavy atom. The fourth-order valence-electron chi connectivity index (χ4n) is 3.90. The topological polar surface area (TPSA) is 63.9 Å². The van der Waals surface area contributed by atoms with Gasteiger partial charge in [-0.2, -0.15) is 0 Å². The van der Waals surface area contributed by atoms with E-state index in [-0.39, 0.29) is 11.9 Å². The molecule has 29 heavy (non-hydrogen) atoms. The lowest BCUT2D eigenvalue weighted by Gasteiger charge is -2.36. The molecule has 1 aliphatic rings. The maximum atomic E-state index is 13.3. The highest BCUT2D eigenvalue weighted by molar-refractivity contribution is 7.10. The first-order valence-corrected chi connectivity index (χ1v) is 10.4. The van der Waals surface area contributed by atoms with E-state index in [1.54, 1.807) is 22.3 Å². The monoisotopic (exact) mass is 401 g/mol. The van der Waals surface area contributed by atoms with Gasteiger partial charge in [0.2, 0.25) is 5.91 Å². The number of carbonyl (C=O) groups is 1. The van der Waals surface area contributed by atoms with Crippen LogP contribution in [0.5, 0.6) is 0 Å². The van der Waals surface area contributed by atoms with Gasteiger partial charge >= 0.3 is 0 Å². The van der Waals surface area contributed by atoms with Crippen LogP contribution in [0, 0.1) is 0 Å². The number of hydrogen-bond donors (Lipinski definition) is 0. The van der Waals surface area contributed by atoms with Crippen molar-refractivity contribution >= 4 is 17.2 Å². The van der Waals surface area contributed by atoms with Gasteiger partial charge in [-0.15, -0.1) is 16.4 Å². The van der Waals surface area contributed by atoms with Gasteiger partial charge in [0.15, 0.2) is 0 Å². The van der Waals surface area contributed by atoms with Crippen LogP contribution in [0.1, 0.15) is 27.6 Å². The van der Waals surface area contributed by atoms with Crippen LogP contribution in [0.2, 0.25) is 0 Å². The van der Waals surface area contributed by atoms with Gasteiger partial charge in [0.25, 0.3) is 0 Å². The van der Waals surface area contributed by atoms with E-state index in [0.29, 0.717) is 6.42 Å². The van der Waals surface area contributed by atoms with E-state index in [0.717, 1.165) is 29.8 Å². The Hall–Kier alpha value is -3.32. The van der Waals surface area contributed by atoms with Crippen LogP contribution in [-0.2, 0) is 17.6 Å². The van der Waals surface area contributed by atoms with E-state index in [1.807, 2.05) is 47.4 Å². The molecule has 0 fully saturated rings. The molecule has 5 rings (SSSR count). The summed E-state index contributed by atoms with van der Waals surface area (Å²) >= 11 is 1.79. The number of aromatic nitrogens is 4. The SMILES string of the molecule is O=C(Cc1ccc(-n2cnnn2)cc1)N1CCc2sccc2C1c1ccccc1. The van der Waals surface area contributed by atoms with Crippen LogP contribution in [0.15, 0.2) is 72.4 Å². The third kappa shape index (κ3) is 3.45. The molecule has 0 spiro atoms. The smallest absolute Gasteiger partial charge is 0.227 e. The number of benzene rings is 2. The zero-order valence-corrected chi connectivity index (χ0v) is 16.5. The maximum absolute atomic E-state index is 13.3. The van der Waals surface area contributed by atoms with Crippen molar-refractivity contribution in [1.82, 2.24) is 25.1 Å². The number of hydrogen-bond acceptors (Lipinski definition) is 5. The molecule has 0 saturated heterocycles. The lowest BCUT2D eigenvalue weighted by atomic mass is 9.92. The summed E-state index contributed by atoms with van der Waals surface area (Å²) in [6, 6.07) is 20.3. The first-order valence-electron chi connectivity index (χ1n) is 9.52. The quantitative estimate of drug-likeness (QED) is 0.525. The lowest BCUT2D eigenvalue weighted by molar-refractivity contribution is -0.132. The van der Waals surface area contributed by atoms with Crippen molar-refractivity contribution < 1.29 is 4.79 Å². The molecule has 6 nitrogen and oxygen atoms in total. The highest BCUT2D eigenvalue weighted by Gasteiger charge is 2.32. The number of thiophene rings is 1. The normalized spacial score (nSPS) is 15.9. The van der Waals surface area contributed by atoms with Gasteiger partial charge in [0, 0.05) is 11.4 Å². The minimum atomic E-state index is -0.0146. The minimum Gasteiger partial charge on any atom is -0.331 e. The second kappa shape index (κ2) is 7.60. The van der Waals surface area contributed by atoms with E-state index in [4.69, 9.17) is 0 Å². The van der Waals surface area contributed by atoms with Crippen molar-refractivity contribution in [3.63, 3.8) is 0 Å². The van der Waals surface area contributed by atoms with E-state index in [9.17, 15) is 4.79 Å². The molecule has 1 amide bonds. The van der Waals surface area contributed by atoms with E-state index >= 15 is 0 Å². The Kier molecular flexibility index (Phi) is 4.65. The summed E-state index contributed by atoms with van der Waals surface area (Å²) in [6.07, 6.45) is 2.84. The highest BCUT2D eigenvalue weighted by atomic mass is 32.1. The molecule has 0 bridgehead atoms. The molecule has 144 valence electrons. The third-order valence-electron chi connectivity index (χ3n) is 5.31. The van der Waals surface area contributed by atoms with Crippen LogP contribution < -0.4 is 0 Å². The zero-order chi connectivity index (χ0) is 19.6. The molecule has 1 unspecified atom stereocenters. The van der Waals surface area contributed by atoms with Gasteiger partial charge < -0.3 is 4.90 Å². The molecule has 0 aliphatic carbocycles.